The molecule has 1 aliphatic heterocycles. The predicted molar refractivity (Wildman–Crippen MR) is 66.8 cm³/mol. The molecule has 0 aliphatic carbocycles. The van der Waals surface area contributed by atoms with Gasteiger partial charge in [-0.3, -0.25) is 4.79 Å². The van der Waals surface area contributed by atoms with Gasteiger partial charge in [-0.1, -0.05) is 37.4 Å². The van der Waals surface area contributed by atoms with Crippen LogP contribution in [0.5, 0.6) is 0 Å². The van der Waals surface area contributed by atoms with Crippen molar-refractivity contribution in [1.82, 2.24) is 4.90 Å². The van der Waals surface area contributed by atoms with Crippen molar-refractivity contribution < 1.29 is 4.79 Å². The normalized spacial score (nSPS) is 16.4. The minimum atomic E-state index is 0.0202. The maximum Gasteiger partial charge on any atom is 0.258 e. The Morgan fingerprint density at radius 1 is 1.31 bits per heavy atom. The van der Waals surface area contributed by atoms with E-state index in [0.29, 0.717) is 0 Å². The molecule has 0 fully saturated rings. The predicted octanol–water partition coefficient (Wildman–Crippen LogP) is 2.94. The third kappa shape index (κ3) is 1.31. The Hall–Kier alpha value is -2.09. The van der Waals surface area contributed by atoms with Gasteiger partial charge in [0.25, 0.3) is 5.91 Å². The zero-order valence-electron chi connectivity index (χ0n) is 9.23. The molecule has 2 heteroatoms. The number of amides is 1. The molecule has 0 aromatic heterocycles. The molecule has 0 saturated heterocycles. The highest BCUT2D eigenvalue weighted by molar-refractivity contribution is 6.10. The van der Waals surface area contributed by atoms with Crippen molar-refractivity contribution in [3.8, 4) is 0 Å². The quantitative estimate of drug-likeness (QED) is 0.736. The Morgan fingerprint density at radius 2 is 2.06 bits per heavy atom. The first kappa shape index (κ1) is 10.4. The zero-order chi connectivity index (χ0) is 11.7. The number of hydrogen-bond acceptors (Lipinski definition) is 1. The SMILES string of the molecule is C=C/C=C1\c2c(C=C)cccc2C(=O)N1C. The van der Waals surface area contributed by atoms with Crippen LogP contribution >= 0.6 is 0 Å². The summed E-state index contributed by atoms with van der Waals surface area (Å²) >= 11 is 0. The summed E-state index contributed by atoms with van der Waals surface area (Å²) in [6.07, 6.45) is 5.30. The van der Waals surface area contributed by atoms with E-state index < -0.39 is 0 Å². The number of allylic oxidation sites excluding steroid dienone is 2. The number of nitrogens with zero attached hydrogens (tertiary/aromatic N) is 1. The third-order valence-corrected chi connectivity index (χ3v) is 2.74. The van der Waals surface area contributed by atoms with E-state index in [1.807, 2.05) is 24.3 Å². The summed E-state index contributed by atoms with van der Waals surface area (Å²) in [4.78, 5) is 13.6. The first-order valence-corrected chi connectivity index (χ1v) is 5.07. The van der Waals surface area contributed by atoms with Crippen molar-refractivity contribution in [1.29, 1.82) is 0 Å². The Bertz CT molecular complexity index is 511. The van der Waals surface area contributed by atoms with Crippen LogP contribution in [0.1, 0.15) is 21.5 Å². The number of carbonyl (C=O) groups excluding carboxylic acids is 1. The second kappa shape index (κ2) is 3.81. The maximum absolute atomic E-state index is 12.0. The maximum atomic E-state index is 12.0. The highest BCUT2D eigenvalue weighted by Crippen LogP contribution is 2.34. The fraction of sp³-hybridized carbons (Fsp3) is 0.0714. The van der Waals surface area contributed by atoms with E-state index >= 15 is 0 Å². The highest BCUT2D eigenvalue weighted by Gasteiger charge is 2.30. The molecule has 80 valence electrons. The van der Waals surface area contributed by atoms with Crippen molar-refractivity contribution in [2.75, 3.05) is 7.05 Å². The molecule has 1 aromatic rings. The minimum absolute atomic E-state index is 0.0202. The van der Waals surface area contributed by atoms with Gasteiger partial charge in [0.2, 0.25) is 0 Å². The van der Waals surface area contributed by atoms with E-state index in [0.717, 1.165) is 22.4 Å². The summed E-state index contributed by atoms with van der Waals surface area (Å²) in [5, 5.41) is 0. The number of fused-ring (bicyclic) bond motifs is 1. The summed E-state index contributed by atoms with van der Waals surface area (Å²) in [6, 6.07) is 5.67. The molecule has 0 radical (unpaired) electrons. The van der Waals surface area contributed by atoms with E-state index in [1.54, 1.807) is 24.1 Å². The smallest absolute Gasteiger partial charge is 0.258 e. The molecule has 16 heavy (non-hydrogen) atoms. The van der Waals surface area contributed by atoms with Gasteiger partial charge in [-0.15, -0.1) is 0 Å². The van der Waals surface area contributed by atoms with Gasteiger partial charge < -0.3 is 4.90 Å². The minimum Gasteiger partial charge on any atom is -0.311 e. The van der Waals surface area contributed by atoms with Gasteiger partial charge in [0.15, 0.2) is 0 Å². The molecule has 0 atom stereocenters. The van der Waals surface area contributed by atoms with Crippen LogP contribution in [0.15, 0.2) is 43.5 Å². The van der Waals surface area contributed by atoms with Crippen molar-refractivity contribution >= 4 is 17.7 Å². The van der Waals surface area contributed by atoms with Gasteiger partial charge in [0.1, 0.15) is 0 Å². The lowest BCUT2D eigenvalue weighted by atomic mass is 10.0. The largest absolute Gasteiger partial charge is 0.311 e. The van der Waals surface area contributed by atoms with Gasteiger partial charge >= 0.3 is 0 Å². The van der Waals surface area contributed by atoms with Crippen LogP contribution in [0.4, 0.5) is 0 Å². The third-order valence-electron chi connectivity index (χ3n) is 2.74. The second-order valence-electron chi connectivity index (χ2n) is 3.63. The molecule has 2 rings (SSSR count). The molecule has 0 unspecified atom stereocenters. The molecule has 2 nitrogen and oxygen atoms in total. The molecule has 1 aliphatic rings. The van der Waals surface area contributed by atoms with Crippen molar-refractivity contribution in [3.05, 3.63) is 60.2 Å². The first-order valence-electron chi connectivity index (χ1n) is 5.07. The molecule has 0 saturated carbocycles. The fourth-order valence-corrected chi connectivity index (χ4v) is 1.97. The molecular weight excluding hydrogens is 198 g/mol. The van der Waals surface area contributed by atoms with E-state index in [1.165, 1.54) is 0 Å². The lowest BCUT2D eigenvalue weighted by molar-refractivity contribution is 0.0874. The molecule has 1 heterocycles. The zero-order valence-corrected chi connectivity index (χ0v) is 9.23. The highest BCUT2D eigenvalue weighted by atomic mass is 16.2. The van der Waals surface area contributed by atoms with E-state index in [-0.39, 0.29) is 5.91 Å². The lowest BCUT2D eigenvalue weighted by Crippen LogP contribution is -2.16. The van der Waals surface area contributed by atoms with Crippen LogP contribution in [0.2, 0.25) is 0 Å². The van der Waals surface area contributed by atoms with Crippen molar-refractivity contribution in [2.24, 2.45) is 0 Å². The fourth-order valence-electron chi connectivity index (χ4n) is 1.97. The van der Waals surface area contributed by atoms with Gasteiger partial charge in [-0.05, 0) is 17.7 Å². The van der Waals surface area contributed by atoms with Gasteiger partial charge in [-0.25, -0.2) is 0 Å². The molecule has 0 bridgehead atoms. The number of carbonyl (C=O) groups is 1. The summed E-state index contributed by atoms with van der Waals surface area (Å²) in [5.41, 5.74) is 3.53. The number of benzene rings is 1. The molecule has 0 N–H and O–H groups in total. The Morgan fingerprint density at radius 3 is 2.69 bits per heavy atom. The van der Waals surface area contributed by atoms with Crippen molar-refractivity contribution in [2.45, 2.75) is 0 Å². The van der Waals surface area contributed by atoms with Crippen LogP contribution < -0.4 is 0 Å². The monoisotopic (exact) mass is 211 g/mol. The van der Waals surface area contributed by atoms with Crippen LogP contribution in [-0.2, 0) is 0 Å². The Labute approximate surface area is 95.2 Å². The van der Waals surface area contributed by atoms with Gasteiger partial charge in [0, 0.05) is 18.2 Å². The van der Waals surface area contributed by atoms with Gasteiger partial charge in [0.05, 0.1) is 5.70 Å². The Balaban J connectivity index is 2.76. The average Bonchev–Trinajstić information content (AvgIpc) is 2.55. The van der Waals surface area contributed by atoms with Crippen LogP contribution in [0.3, 0.4) is 0 Å². The van der Waals surface area contributed by atoms with E-state index in [2.05, 4.69) is 13.2 Å². The summed E-state index contributed by atoms with van der Waals surface area (Å²) in [5.74, 6) is 0.0202. The molecule has 1 amide bonds. The topological polar surface area (TPSA) is 20.3 Å². The van der Waals surface area contributed by atoms with Crippen LogP contribution in [-0.4, -0.2) is 17.9 Å². The average molecular weight is 211 g/mol. The lowest BCUT2D eigenvalue weighted by Gasteiger charge is -2.11. The van der Waals surface area contributed by atoms with Gasteiger partial charge in [-0.2, -0.15) is 0 Å². The molecule has 0 spiro atoms. The summed E-state index contributed by atoms with van der Waals surface area (Å²) < 4.78 is 0. The first-order chi connectivity index (χ1) is 7.70. The van der Waals surface area contributed by atoms with Crippen LogP contribution in [0, 0.1) is 0 Å². The Kier molecular flexibility index (Phi) is 2.49. The summed E-state index contributed by atoms with van der Waals surface area (Å²) in [7, 11) is 1.77. The van der Waals surface area contributed by atoms with Crippen molar-refractivity contribution in [3.63, 3.8) is 0 Å². The summed E-state index contributed by atoms with van der Waals surface area (Å²) in [6.45, 7) is 7.44. The molecule has 1 aromatic carbocycles. The van der Waals surface area contributed by atoms with Crippen LogP contribution in [0.25, 0.3) is 11.8 Å². The van der Waals surface area contributed by atoms with E-state index in [9.17, 15) is 4.79 Å². The number of hydrogen-bond donors (Lipinski definition) is 0. The second-order valence-corrected chi connectivity index (χ2v) is 3.63. The van der Waals surface area contributed by atoms with E-state index in [4.69, 9.17) is 0 Å². The number of rotatable bonds is 2. The standard InChI is InChI=1S/C14H13NO/c1-4-7-12-13-10(5-2)8-6-9-11(13)14(16)15(12)3/h4-9H,1-2H2,3H3/b12-7+. The molecular formula is C14H13NO.